The Morgan fingerprint density at radius 3 is 2.77 bits per heavy atom. The molecule has 1 aromatic carbocycles. The second-order valence-corrected chi connectivity index (χ2v) is 8.32. The molecule has 4 N–H and O–H groups in total. The zero-order valence-corrected chi connectivity index (χ0v) is 17.2. The Kier molecular flexibility index (Phi) is 5.29. The van der Waals surface area contributed by atoms with Crippen molar-refractivity contribution in [1.29, 1.82) is 0 Å². The third-order valence-electron chi connectivity index (χ3n) is 6.20. The van der Waals surface area contributed by atoms with Crippen molar-refractivity contribution in [3.8, 4) is 0 Å². The number of ether oxygens (including phenoxy) is 1. The number of nitrogens with zero attached hydrogens (tertiary/aromatic N) is 1. The van der Waals surface area contributed by atoms with Crippen molar-refractivity contribution in [3.63, 3.8) is 0 Å². The SMILES string of the molecule is COCCCN1C(=O)[C@@H]2C(CCC(N)=O)NC3(C(=O)Nc4ccc(Cl)cc43)[C@@H]2C1=O. The Bertz CT molecular complexity index is 938. The number of likely N-dealkylation sites (tertiary alicyclic amines) is 1. The van der Waals surface area contributed by atoms with Crippen LogP contribution in [0.4, 0.5) is 5.69 Å². The van der Waals surface area contributed by atoms with Gasteiger partial charge in [-0.25, -0.2) is 0 Å². The molecule has 4 amide bonds. The number of halogens is 1. The molecule has 0 aliphatic carbocycles. The lowest BCUT2D eigenvalue weighted by atomic mass is 9.76. The second-order valence-electron chi connectivity index (χ2n) is 7.89. The van der Waals surface area contributed by atoms with Crippen LogP contribution in [0.3, 0.4) is 0 Å². The molecule has 1 aromatic rings. The molecule has 0 aromatic heterocycles. The number of nitrogens with two attached hydrogens (primary N) is 1. The second kappa shape index (κ2) is 7.64. The molecule has 0 bridgehead atoms. The van der Waals surface area contributed by atoms with E-state index < -0.39 is 41.1 Å². The number of benzene rings is 1. The van der Waals surface area contributed by atoms with Gasteiger partial charge in [0.2, 0.25) is 23.6 Å². The summed E-state index contributed by atoms with van der Waals surface area (Å²) in [5.74, 6) is -3.36. The summed E-state index contributed by atoms with van der Waals surface area (Å²) in [6.45, 7) is 0.612. The van der Waals surface area contributed by atoms with Crippen molar-refractivity contribution in [1.82, 2.24) is 10.2 Å². The molecule has 3 aliphatic rings. The van der Waals surface area contributed by atoms with Crippen LogP contribution in [0.1, 0.15) is 24.8 Å². The number of anilines is 1. The number of primary amides is 1. The first-order valence-electron chi connectivity index (χ1n) is 9.83. The van der Waals surface area contributed by atoms with Gasteiger partial charge in [0, 0.05) is 49.0 Å². The van der Waals surface area contributed by atoms with Gasteiger partial charge < -0.3 is 15.8 Å². The number of hydrogen-bond acceptors (Lipinski definition) is 6. The molecule has 3 aliphatic heterocycles. The standard InChI is InChI=1S/C20H23ClN4O5/c1-30-8-2-7-25-17(27)15-13(5-6-14(22)26)24-20(16(15)18(25)28)11-9-10(21)3-4-12(11)23-19(20)29/h3-4,9,13,15-16,24H,2,5-8H2,1H3,(H2,22,26)(H,23,29)/t13?,15-,16+,20?/m1/s1. The van der Waals surface area contributed by atoms with Crippen LogP contribution in [0, 0.1) is 11.8 Å². The van der Waals surface area contributed by atoms with Gasteiger partial charge >= 0.3 is 0 Å². The Morgan fingerprint density at radius 1 is 1.30 bits per heavy atom. The average molecular weight is 435 g/mol. The molecule has 30 heavy (non-hydrogen) atoms. The Labute approximate surface area is 178 Å². The monoisotopic (exact) mass is 434 g/mol. The molecule has 3 heterocycles. The van der Waals surface area contributed by atoms with Gasteiger partial charge in [0.15, 0.2) is 0 Å². The zero-order chi connectivity index (χ0) is 21.6. The van der Waals surface area contributed by atoms with Crippen LogP contribution in [-0.4, -0.2) is 54.8 Å². The van der Waals surface area contributed by atoms with Crippen molar-refractivity contribution in [3.05, 3.63) is 28.8 Å². The molecule has 10 heteroatoms. The zero-order valence-electron chi connectivity index (χ0n) is 16.4. The van der Waals surface area contributed by atoms with Gasteiger partial charge in [-0.05, 0) is 31.0 Å². The van der Waals surface area contributed by atoms with Gasteiger partial charge in [0.25, 0.3) is 0 Å². The van der Waals surface area contributed by atoms with Gasteiger partial charge in [-0.15, -0.1) is 0 Å². The minimum absolute atomic E-state index is 0.0339. The van der Waals surface area contributed by atoms with E-state index in [9.17, 15) is 19.2 Å². The van der Waals surface area contributed by atoms with Crippen LogP contribution in [-0.2, 0) is 29.5 Å². The molecule has 160 valence electrons. The van der Waals surface area contributed by atoms with E-state index in [0.29, 0.717) is 29.3 Å². The van der Waals surface area contributed by atoms with Crippen molar-refractivity contribution >= 4 is 40.9 Å². The third-order valence-corrected chi connectivity index (χ3v) is 6.44. The van der Waals surface area contributed by atoms with Crippen LogP contribution in [0.25, 0.3) is 0 Å². The summed E-state index contributed by atoms with van der Waals surface area (Å²) >= 11 is 6.19. The topological polar surface area (TPSA) is 131 Å². The lowest BCUT2D eigenvalue weighted by Gasteiger charge is -2.29. The number of methoxy groups -OCH3 is 1. The highest BCUT2D eigenvalue weighted by atomic mass is 35.5. The van der Waals surface area contributed by atoms with E-state index in [1.807, 2.05) is 0 Å². The van der Waals surface area contributed by atoms with E-state index in [0.717, 1.165) is 0 Å². The van der Waals surface area contributed by atoms with Crippen molar-refractivity contribution < 1.29 is 23.9 Å². The number of amides is 4. The number of rotatable bonds is 7. The van der Waals surface area contributed by atoms with Gasteiger partial charge in [0.1, 0.15) is 5.54 Å². The van der Waals surface area contributed by atoms with E-state index in [4.69, 9.17) is 22.1 Å². The summed E-state index contributed by atoms with van der Waals surface area (Å²) in [7, 11) is 1.55. The fourth-order valence-electron chi connectivity index (χ4n) is 4.97. The summed E-state index contributed by atoms with van der Waals surface area (Å²) in [5, 5.41) is 6.45. The molecule has 0 saturated carbocycles. The molecule has 0 radical (unpaired) electrons. The Balaban J connectivity index is 1.77. The van der Waals surface area contributed by atoms with Crippen LogP contribution in [0.15, 0.2) is 18.2 Å². The molecule has 4 rings (SSSR count). The summed E-state index contributed by atoms with van der Waals surface area (Å²) in [6.07, 6.45) is 0.771. The number of imide groups is 1. The highest BCUT2D eigenvalue weighted by molar-refractivity contribution is 6.31. The van der Waals surface area contributed by atoms with Crippen molar-refractivity contribution in [2.75, 3.05) is 25.6 Å². The van der Waals surface area contributed by atoms with E-state index in [-0.39, 0.29) is 25.3 Å². The normalized spacial score (nSPS) is 29.5. The van der Waals surface area contributed by atoms with Gasteiger partial charge in [-0.1, -0.05) is 11.6 Å². The summed E-state index contributed by atoms with van der Waals surface area (Å²) in [6, 6.07) is 4.41. The van der Waals surface area contributed by atoms with Crippen LogP contribution < -0.4 is 16.4 Å². The number of fused-ring (bicyclic) bond motifs is 4. The molecule has 2 fully saturated rings. The van der Waals surface area contributed by atoms with Crippen molar-refractivity contribution in [2.45, 2.75) is 30.8 Å². The lowest BCUT2D eigenvalue weighted by Crippen LogP contribution is -2.53. The minimum atomic E-state index is -1.42. The first-order valence-corrected chi connectivity index (χ1v) is 10.2. The average Bonchev–Trinajstić information content (AvgIpc) is 3.27. The largest absolute Gasteiger partial charge is 0.385 e. The maximum absolute atomic E-state index is 13.4. The summed E-state index contributed by atoms with van der Waals surface area (Å²) in [4.78, 5) is 52.4. The number of carbonyl (C=O) groups excluding carboxylic acids is 4. The predicted molar refractivity (Wildman–Crippen MR) is 107 cm³/mol. The first kappa shape index (κ1) is 20.8. The third kappa shape index (κ3) is 3.00. The summed E-state index contributed by atoms with van der Waals surface area (Å²) in [5.41, 5.74) is 4.97. The van der Waals surface area contributed by atoms with Gasteiger partial charge in [0.05, 0.1) is 11.8 Å². The van der Waals surface area contributed by atoms with Gasteiger partial charge in [-0.3, -0.25) is 29.4 Å². The number of hydrogen-bond donors (Lipinski definition) is 3. The molecule has 2 unspecified atom stereocenters. The fraction of sp³-hybridized carbons (Fsp3) is 0.500. The predicted octanol–water partition coefficient (Wildman–Crippen LogP) is 0.362. The van der Waals surface area contributed by atoms with E-state index in [1.165, 1.54) is 4.90 Å². The summed E-state index contributed by atoms with van der Waals surface area (Å²) < 4.78 is 5.03. The first-order chi connectivity index (χ1) is 14.3. The number of carbonyl (C=O) groups is 4. The van der Waals surface area contributed by atoms with E-state index in [1.54, 1.807) is 25.3 Å². The highest BCUT2D eigenvalue weighted by Gasteiger charge is 2.70. The maximum atomic E-state index is 13.4. The van der Waals surface area contributed by atoms with Crippen LogP contribution in [0.5, 0.6) is 0 Å². The molecular formula is C20H23ClN4O5. The highest BCUT2D eigenvalue weighted by Crippen LogP contribution is 2.53. The molecule has 1 spiro atoms. The molecular weight excluding hydrogens is 412 g/mol. The molecule has 4 atom stereocenters. The Morgan fingerprint density at radius 2 is 2.07 bits per heavy atom. The lowest BCUT2D eigenvalue weighted by molar-refractivity contribution is -0.143. The minimum Gasteiger partial charge on any atom is -0.385 e. The number of nitrogens with one attached hydrogen (secondary N) is 2. The van der Waals surface area contributed by atoms with Crippen LogP contribution >= 0.6 is 11.6 Å². The van der Waals surface area contributed by atoms with Crippen molar-refractivity contribution in [2.24, 2.45) is 17.6 Å². The fourth-order valence-corrected chi connectivity index (χ4v) is 5.14. The molecule has 2 saturated heterocycles. The smallest absolute Gasteiger partial charge is 0.250 e. The van der Waals surface area contributed by atoms with E-state index in [2.05, 4.69) is 10.6 Å². The Hall–Kier alpha value is -2.49. The quantitative estimate of drug-likeness (QED) is 0.419. The van der Waals surface area contributed by atoms with Crippen LogP contribution in [0.2, 0.25) is 5.02 Å². The molecule has 9 nitrogen and oxygen atoms in total. The van der Waals surface area contributed by atoms with Gasteiger partial charge in [-0.2, -0.15) is 0 Å². The van der Waals surface area contributed by atoms with E-state index >= 15 is 0 Å². The maximum Gasteiger partial charge on any atom is 0.250 e.